The van der Waals surface area contributed by atoms with Crippen molar-refractivity contribution in [2.75, 3.05) is 19.7 Å². The highest BCUT2D eigenvalue weighted by atomic mass is 19.2. The van der Waals surface area contributed by atoms with E-state index in [4.69, 9.17) is 9.15 Å². The zero-order valence-corrected chi connectivity index (χ0v) is 15.7. The van der Waals surface area contributed by atoms with Crippen molar-refractivity contribution < 1.29 is 17.9 Å². The molecule has 1 aromatic heterocycles. The maximum Gasteiger partial charge on any atom is 0.229 e. The average Bonchev–Trinajstić information content (AvgIpc) is 3.24. The van der Waals surface area contributed by atoms with Crippen molar-refractivity contribution in [1.82, 2.24) is 9.88 Å². The van der Waals surface area contributed by atoms with Crippen LogP contribution in [0.2, 0.25) is 0 Å². The number of halogens is 2. The molecular weight excluding hydrogens is 350 g/mol. The first-order valence-corrected chi connectivity index (χ1v) is 9.85. The third-order valence-electron chi connectivity index (χ3n) is 5.68. The van der Waals surface area contributed by atoms with Crippen LogP contribution in [0.5, 0.6) is 0 Å². The quantitative estimate of drug-likeness (QED) is 0.702. The Morgan fingerprint density at radius 2 is 2.00 bits per heavy atom. The lowest BCUT2D eigenvalue weighted by Gasteiger charge is -2.33. The fourth-order valence-electron chi connectivity index (χ4n) is 3.89. The SMILES string of the molecule is Cc1oc(-c2cccc(F)c2F)nc1CN(CC1CCC1)C[C@@H]1CCCO1. The molecule has 1 atom stereocenters. The molecule has 0 amide bonds. The molecule has 27 heavy (non-hydrogen) atoms. The van der Waals surface area contributed by atoms with E-state index in [-0.39, 0.29) is 17.6 Å². The summed E-state index contributed by atoms with van der Waals surface area (Å²) in [4.78, 5) is 6.88. The van der Waals surface area contributed by atoms with Gasteiger partial charge < -0.3 is 9.15 Å². The van der Waals surface area contributed by atoms with Gasteiger partial charge in [-0.2, -0.15) is 0 Å². The highest BCUT2D eigenvalue weighted by Gasteiger charge is 2.26. The normalized spacial score (nSPS) is 20.4. The second-order valence-corrected chi connectivity index (χ2v) is 7.75. The molecule has 0 N–H and O–H groups in total. The molecule has 0 unspecified atom stereocenters. The van der Waals surface area contributed by atoms with Crippen LogP contribution in [0.1, 0.15) is 43.6 Å². The van der Waals surface area contributed by atoms with Crippen LogP contribution < -0.4 is 0 Å². The molecule has 2 heterocycles. The summed E-state index contributed by atoms with van der Waals surface area (Å²) in [5.41, 5.74) is 0.847. The summed E-state index contributed by atoms with van der Waals surface area (Å²) in [7, 11) is 0. The average molecular weight is 376 g/mol. The maximum absolute atomic E-state index is 14.1. The van der Waals surface area contributed by atoms with E-state index >= 15 is 0 Å². The Bertz CT molecular complexity index is 782. The Hall–Kier alpha value is -1.79. The molecule has 0 bridgehead atoms. The molecule has 1 saturated heterocycles. The van der Waals surface area contributed by atoms with Crippen LogP contribution in [0.25, 0.3) is 11.5 Å². The first kappa shape index (κ1) is 18.6. The molecule has 1 aliphatic carbocycles. The number of rotatable bonds is 7. The van der Waals surface area contributed by atoms with Crippen molar-refractivity contribution in [2.24, 2.45) is 5.92 Å². The first-order valence-electron chi connectivity index (χ1n) is 9.85. The lowest BCUT2D eigenvalue weighted by atomic mass is 9.85. The summed E-state index contributed by atoms with van der Waals surface area (Å²) >= 11 is 0. The number of aromatic nitrogens is 1. The van der Waals surface area contributed by atoms with Gasteiger partial charge in [0.15, 0.2) is 11.6 Å². The molecule has 2 aliphatic rings. The van der Waals surface area contributed by atoms with Crippen molar-refractivity contribution in [3.8, 4) is 11.5 Å². The zero-order valence-electron chi connectivity index (χ0n) is 15.7. The van der Waals surface area contributed by atoms with Crippen LogP contribution in [0.3, 0.4) is 0 Å². The molecule has 2 aromatic rings. The van der Waals surface area contributed by atoms with E-state index in [2.05, 4.69) is 9.88 Å². The van der Waals surface area contributed by atoms with Crippen molar-refractivity contribution in [2.45, 2.75) is 51.7 Å². The molecule has 4 rings (SSSR count). The van der Waals surface area contributed by atoms with E-state index < -0.39 is 11.6 Å². The van der Waals surface area contributed by atoms with E-state index in [1.807, 2.05) is 6.92 Å². The fraction of sp³-hybridized carbons (Fsp3) is 0.571. The van der Waals surface area contributed by atoms with Crippen molar-refractivity contribution in [3.05, 3.63) is 41.3 Å². The Labute approximate surface area is 158 Å². The summed E-state index contributed by atoms with van der Waals surface area (Å²) in [5.74, 6) is -0.288. The highest BCUT2D eigenvalue weighted by molar-refractivity contribution is 5.54. The van der Waals surface area contributed by atoms with Crippen LogP contribution in [0.15, 0.2) is 22.6 Å². The first-order chi connectivity index (χ1) is 13.1. The van der Waals surface area contributed by atoms with Crippen LogP contribution in [-0.2, 0) is 11.3 Å². The Morgan fingerprint density at radius 1 is 1.15 bits per heavy atom. The molecule has 0 radical (unpaired) electrons. The van der Waals surface area contributed by atoms with Crippen LogP contribution in [-0.4, -0.2) is 35.7 Å². The fourth-order valence-corrected chi connectivity index (χ4v) is 3.89. The van der Waals surface area contributed by atoms with Crippen LogP contribution in [0.4, 0.5) is 8.78 Å². The second kappa shape index (κ2) is 8.07. The zero-order chi connectivity index (χ0) is 18.8. The standard InChI is InChI=1S/C21H26F2N2O2/c1-14-19(24-21(27-14)17-8-3-9-18(22)20(17)23)13-25(11-15-5-2-6-15)12-16-7-4-10-26-16/h3,8-9,15-16H,2,4-7,10-13H2,1H3/t16-/m0/s1. The molecule has 0 spiro atoms. The lowest BCUT2D eigenvalue weighted by Crippen LogP contribution is -2.37. The predicted octanol–water partition coefficient (Wildman–Crippen LogP) is 4.71. The minimum absolute atomic E-state index is 0.0639. The third kappa shape index (κ3) is 4.22. The van der Waals surface area contributed by atoms with Gasteiger partial charge in [0.05, 0.1) is 17.4 Å². The number of nitrogens with zero attached hydrogens (tertiary/aromatic N) is 2. The molecule has 146 valence electrons. The van der Waals surface area contributed by atoms with Gasteiger partial charge in [-0.15, -0.1) is 0 Å². The largest absolute Gasteiger partial charge is 0.441 e. The predicted molar refractivity (Wildman–Crippen MR) is 98.2 cm³/mol. The Morgan fingerprint density at radius 3 is 2.70 bits per heavy atom. The lowest BCUT2D eigenvalue weighted by molar-refractivity contribution is 0.0574. The van der Waals surface area contributed by atoms with E-state index in [0.717, 1.165) is 50.2 Å². The number of ether oxygens (including phenoxy) is 1. The van der Waals surface area contributed by atoms with Gasteiger partial charge in [0.25, 0.3) is 0 Å². The maximum atomic E-state index is 14.1. The number of hydrogen-bond donors (Lipinski definition) is 0. The van der Waals surface area contributed by atoms with Crippen molar-refractivity contribution >= 4 is 0 Å². The van der Waals surface area contributed by atoms with Gasteiger partial charge in [0.2, 0.25) is 5.89 Å². The van der Waals surface area contributed by atoms with Gasteiger partial charge in [-0.1, -0.05) is 12.5 Å². The van der Waals surface area contributed by atoms with Gasteiger partial charge in [-0.25, -0.2) is 13.8 Å². The van der Waals surface area contributed by atoms with Gasteiger partial charge >= 0.3 is 0 Å². The van der Waals surface area contributed by atoms with Gasteiger partial charge in [0, 0.05) is 26.2 Å². The van der Waals surface area contributed by atoms with E-state index in [9.17, 15) is 8.78 Å². The minimum atomic E-state index is -0.920. The summed E-state index contributed by atoms with van der Waals surface area (Å²) in [6, 6.07) is 4.05. The van der Waals surface area contributed by atoms with E-state index in [1.165, 1.54) is 31.4 Å². The summed E-state index contributed by atoms with van der Waals surface area (Å²) in [6.07, 6.45) is 6.35. The molecule has 2 fully saturated rings. The molecule has 6 heteroatoms. The second-order valence-electron chi connectivity index (χ2n) is 7.75. The number of oxazole rings is 1. The summed E-state index contributed by atoms with van der Waals surface area (Å²) < 4.78 is 39.1. The topological polar surface area (TPSA) is 38.5 Å². The highest BCUT2D eigenvalue weighted by Crippen LogP contribution is 2.30. The number of benzene rings is 1. The Kier molecular flexibility index (Phi) is 5.55. The van der Waals surface area contributed by atoms with Gasteiger partial charge in [-0.05, 0) is 50.7 Å². The molecule has 1 aromatic carbocycles. The smallest absolute Gasteiger partial charge is 0.229 e. The summed E-state index contributed by atoms with van der Waals surface area (Å²) in [6.45, 7) is 5.22. The third-order valence-corrected chi connectivity index (χ3v) is 5.68. The molecule has 1 aliphatic heterocycles. The molecule has 4 nitrogen and oxygen atoms in total. The van der Waals surface area contributed by atoms with Gasteiger partial charge in [0.1, 0.15) is 5.76 Å². The van der Waals surface area contributed by atoms with Crippen LogP contribution >= 0.6 is 0 Å². The monoisotopic (exact) mass is 376 g/mol. The van der Waals surface area contributed by atoms with Crippen LogP contribution in [0, 0.1) is 24.5 Å². The number of hydrogen-bond acceptors (Lipinski definition) is 4. The van der Waals surface area contributed by atoms with Crippen molar-refractivity contribution in [1.29, 1.82) is 0 Å². The van der Waals surface area contributed by atoms with E-state index in [1.54, 1.807) is 0 Å². The Balaban J connectivity index is 1.51. The van der Waals surface area contributed by atoms with Crippen molar-refractivity contribution in [3.63, 3.8) is 0 Å². The summed E-state index contributed by atoms with van der Waals surface area (Å²) in [5, 5.41) is 0. The molecular formula is C21H26F2N2O2. The number of aryl methyl sites for hydroxylation is 1. The van der Waals surface area contributed by atoms with E-state index in [0.29, 0.717) is 12.3 Å². The molecule has 1 saturated carbocycles. The minimum Gasteiger partial charge on any atom is -0.441 e. The van der Waals surface area contributed by atoms with Gasteiger partial charge in [-0.3, -0.25) is 4.90 Å².